The van der Waals surface area contributed by atoms with Gasteiger partial charge in [0, 0.05) is 29.4 Å². The van der Waals surface area contributed by atoms with Crippen LogP contribution in [0.5, 0.6) is 23.0 Å². The molecule has 0 bridgehead atoms. The fourth-order valence-corrected chi connectivity index (χ4v) is 4.90. The Bertz CT molecular complexity index is 1570. The lowest BCUT2D eigenvalue weighted by molar-refractivity contribution is -0.137. The van der Waals surface area contributed by atoms with Crippen molar-refractivity contribution < 1.29 is 32.2 Å². The molecular weight excluding hydrogens is 561 g/mol. The number of alkyl halides is 3. The first-order valence-electron chi connectivity index (χ1n) is 14.1. The minimum atomic E-state index is -4.50. The van der Waals surface area contributed by atoms with Gasteiger partial charge in [-0.05, 0) is 87.5 Å². The van der Waals surface area contributed by atoms with E-state index in [1.54, 1.807) is 31.4 Å². The maximum absolute atomic E-state index is 12.9. The van der Waals surface area contributed by atoms with Gasteiger partial charge in [0.2, 0.25) is 0 Å². The number of pyridine rings is 1. The van der Waals surface area contributed by atoms with E-state index in [9.17, 15) is 18.0 Å². The number of aromatic nitrogens is 1. The molecule has 2 amide bonds. The normalized spacial score (nSPS) is 13.9. The SMILES string of the molecule is COc1cc2cc(Oc3ccc(NC(=O)Nc4cccc(C(F)(F)F)c4)cc3)c(C)nc2cc1OCCN1CCCCC1. The number of carbonyl (C=O) groups is 1. The van der Waals surface area contributed by atoms with Crippen LogP contribution in [0.2, 0.25) is 0 Å². The predicted octanol–water partition coefficient (Wildman–Crippen LogP) is 7.87. The molecule has 11 heteroatoms. The Morgan fingerprint density at radius 3 is 2.35 bits per heavy atom. The van der Waals surface area contributed by atoms with E-state index in [1.807, 2.05) is 25.1 Å². The van der Waals surface area contributed by atoms with Crippen molar-refractivity contribution in [1.29, 1.82) is 0 Å². The first-order chi connectivity index (χ1) is 20.7. The number of fused-ring (bicyclic) bond motifs is 1. The second kappa shape index (κ2) is 13.2. The topological polar surface area (TPSA) is 85.0 Å². The van der Waals surface area contributed by atoms with Crippen LogP contribution in [0, 0.1) is 6.92 Å². The minimum Gasteiger partial charge on any atom is -0.493 e. The number of carbonyl (C=O) groups excluding carboxylic acids is 1. The van der Waals surface area contributed by atoms with E-state index in [4.69, 9.17) is 19.2 Å². The molecule has 1 saturated heterocycles. The highest BCUT2D eigenvalue weighted by molar-refractivity contribution is 5.99. The van der Waals surface area contributed by atoms with E-state index in [0.29, 0.717) is 41.0 Å². The number of hydrogen-bond acceptors (Lipinski definition) is 6. The van der Waals surface area contributed by atoms with Crippen molar-refractivity contribution in [3.05, 3.63) is 78.0 Å². The van der Waals surface area contributed by atoms with Crippen molar-refractivity contribution in [2.75, 3.05) is 44.0 Å². The molecular formula is C32H33F3N4O4. The molecule has 8 nitrogen and oxygen atoms in total. The van der Waals surface area contributed by atoms with Crippen molar-refractivity contribution in [3.63, 3.8) is 0 Å². The van der Waals surface area contributed by atoms with E-state index >= 15 is 0 Å². The summed E-state index contributed by atoms with van der Waals surface area (Å²) in [4.78, 5) is 19.5. The second-order valence-electron chi connectivity index (χ2n) is 10.3. The number of aryl methyl sites for hydroxylation is 1. The number of benzene rings is 3. The summed E-state index contributed by atoms with van der Waals surface area (Å²) in [6, 6.07) is 16.0. The molecule has 1 aliphatic rings. The van der Waals surface area contributed by atoms with Crippen LogP contribution in [0.25, 0.3) is 10.9 Å². The van der Waals surface area contributed by atoms with Gasteiger partial charge >= 0.3 is 12.2 Å². The van der Waals surface area contributed by atoms with E-state index in [0.717, 1.165) is 42.7 Å². The minimum absolute atomic E-state index is 0.0272. The maximum atomic E-state index is 12.9. The third-order valence-corrected chi connectivity index (χ3v) is 7.15. The third kappa shape index (κ3) is 7.86. The van der Waals surface area contributed by atoms with Crippen molar-refractivity contribution in [2.24, 2.45) is 0 Å². The fourth-order valence-electron chi connectivity index (χ4n) is 4.90. The van der Waals surface area contributed by atoms with E-state index in [1.165, 1.54) is 31.4 Å². The van der Waals surface area contributed by atoms with Gasteiger partial charge in [-0.3, -0.25) is 4.90 Å². The summed E-state index contributed by atoms with van der Waals surface area (Å²) in [6.45, 7) is 5.51. The zero-order valence-corrected chi connectivity index (χ0v) is 24.0. The smallest absolute Gasteiger partial charge is 0.416 e. The van der Waals surface area contributed by atoms with Crippen LogP contribution in [0.1, 0.15) is 30.5 Å². The number of rotatable bonds is 9. The van der Waals surface area contributed by atoms with Crippen LogP contribution in [0.3, 0.4) is 0 Å². The molecule has 1 aromatic heterocycles. The Morgan fingerprint density at radius 2 is 1.63 bits per heavy atom. The zero-order valence-electron chi connectivity index (χ0n) is 24.0. The number of piperidine rings is 1. The molecule has 43 heavy (non-hydrogen) atoms. The molecule has 2 heterocycles. The van der Waals surface area contributed by atoms with Gasteiger partial charge < -0.3 is 24.8 Å². The summed E-state index contributed by atoms with van der Waals surface area (Å²) in [5.74, 6) is 2.32. The highest BCUT2D eigenvalue weighted by Crippen LogP contribution is 2.35. The van der Waals surface area contributed by atoms with Crippen LogP contribution >= 0.6 is 0 Å². The molecule has 1 aliphatic heterocycles. The van der Waals surface area contributed by atoms with Crippen molar-refractivity contribution in [2.45, 2.75) is 32.4 Å². The van der Waals surface area contributed by atoms with E-state index in [-0.39, 0.29) is 5.69 Å². The molecule has 0 radical (unpaired) electrons. The number of halogens is 3. The summed E-state index contributed by atoms with van der Waals surface area (Å²) < 4.78 is 56.6. The Kier molecular flexibility index (Phi) is 9.20. The molecule has 0 atom stereocenters. The summed E-state index contributed by atoms with van der Waals surface area (Å²) in [6.07, 6.45) is -0.739. The molecule has 4 aromatic rings. The van der Waals surface area contributed by atoms with Crippen molar-refractivity contribution in [1.82, 2.24) is 9.88 Å². The molecule has 5 rings (SSSR count). The molecule has 226 valence electrons. The molecule has 2 N–H and O–H groups in total. The second-order valence-corrected chi connectivity index (χ2v) is 10.3. The van der Waals surface area contributed by atoms with Crippen molar-refractivity contribution >= 4 is 28.3 Å². The Hall–Kier alpha value is -4.51. The molecule has 0 aliphatic carbocycles. The number of amides is 2. The standard InChI is InChI=1S/C32H33F3N4O4/c1-21-28(17-22-18-29(41-2)30(20-27(22)36-21)42-16-15-39-13-4-3-5-14-39)43-26-11-9-24(10-12-26)37-31(40)38-25-8-6-7-23(19-25)32(33,34)35/h6-12,17-20H,3-5,13-16H2,1-2H3,(H2,37,38,40). The molecule has 3 aromatic carbocycles. The van der Waals surface area contributed by atoms with Crippen LogP contribution in [0.15, 0.2) is 66.7 Å². The van der Waals surface area contributed by atoms with E-state index in [2.05, 4.69) is 15.5 Å². The number of anilines is 2. The van der Waals surface area contributed by atoms with Gasteiger partial charge in [0.05, 0.1) is 23.9 Å². The molecule has 1 fully saturated rings. The van der Waals surface area contributed by atoms with Crippen LogP contribution < -0.4 is 24.8 Å². The largest absolute Gasteiger partial charge is 0.493 e. The van der Waals surface area contributed by atoms with E-state index < -0.39 is 17.8 Å². The fraction of sp³-hybridized carbons (Fsp3) is 0.312. The Balaban J connectivity index is 1.21. The lowest BCUT2D eigenvalue weighted by Crippen LogP contribution is -2.33. The number of nitrogens with one attached hydrogen (secondary N) is 2. The Labute approximate surface area is 247 Å². The Morgan fingerprint density at radius 1 is 0.907 bits per heavy atom. The van der Waals surface area contributed by atoms with Crippen LogP contribution in [-0.4, -0.2) is 49.3 Å². The molecule has 0 unspecified atom stereocenters. The van der Waals surface area contributed by atoms with Crippen molar-refractivity contribution in [3.8, 4) is 23.0 Å². The maximum Gasteiger partial charge on any atom is 0.416 e. The summed E-state index contributed by atoms with van der Waals surface area (Å²) in [7, 11) is 1.60. The highest BCUT2D eigenvalue weighted by atomic mass is 19.4. The van der Waals surface area contributed by atoms with Gasteiger partial charge in [-0.15, -0.1) is 0 Å². The molecule has 0 spiro atoms. The van der Waals surface area contributed by atoms with Gasteiger partial charge in [-0.25, -0.2) is 9.78 Å². The summed E-state index contributed by atoms with van der Waals surface area (Å²) in [5.41, 5.74) is 1.05. The van der Waals surface area contributed by atoms with Crippen LogP contribution in [0.4, 0.5) is 29.3 Å². The third-order valence-electron chi connectivity index (χ3n) is 7.15. The number of urea groups is 1. The number of ether oxygens (including phenoxy) is 3. The number of hydrogen-bond donors (Lipinski definition) is 2. The first-order valence-corrected chi connectivity index (χ1v) is 14.1. The number of nitrogens with zero attached hydrogens (tertiary/aromatic N) is 2. The molecule has 0 saturated carbocycles. The quantitative estimate of drug-likeness (QED) is 0.205. The highest BCUT2D eigenvalue weighted by Gasteiger charge is 2.30. The lowest BCUT2D eigenvalue weighted by atomic mass is 10.1. The number of likely N-dealkylation sites (tertiary alicyclic amines) is 1. The monoisotopic (exact) mass is 594 g/mol. The van der Waals surface area contributed by atoms with Gasteiger partial charge in [-0.1, -0.05) is 12.5 Å². The number of methoxy groups -OCH3 is 1. The van der Waals surface area contributed by atoms with Gasteiger partial charge in [0.15, 0.2) is 11.5 Å². The first kappa shape index (κ1) is 30.0. The predicted molar refractivity (Wildman–Crippen MR) is 159 cm³/mol. The lowest BCUT2D eigenvalue weighted by Gasteiger charge is -2.26. The zero-order chi connectivity index (χ0) is 30.4. The van der Waals surface area contributed by atoms with Gasteiger partial charge in [0.1, 0.15) is 18.1 Å². The average Bonchev–Trinajstić information content (AvgIpc) is 2.98. The summed E-state index contributed by atoms with van der Waals surface area (Å²) >= 11 is 0. The van der Waals surface area contributed by atoms with Crippen LogP contribution in [-0.2, 0) is 6.18 Å². The average molecular weight is 595 g/mol. The van der Waals surface area contributed by atoms with Gasteiger partial charge in [0.25, 0.3) is 0 Å². The summed E-state index contributed by atoms with van der Waals surface area (Å²) in [5, 5.41) is 5.83. The van der Waals surface area contributed by atoms with Gasteiger partial charge in [-0.2, -0.15) is 13.2 Å².